The summed E-state index contributed by atoms with van der Waals surface area (Å²) in [4.78, 5) is 13.9. The van der Waals surface area contributed by atoms with E-state index in [4.69, 9.17) is 0 Å². The normalized spacial score (nSPS) is 22.7. The van der Waals surface area contributed by atoms with Gasteiger partial charge in [0.25, 0.3) is 5.69 Å². The Hall–Kier alpha value is -1.84. The fourth-order valence-corrected chi connectivity index (χ4v) is 3.48. The quantitative estimate of drug-likeness (QED) is 0.457. The van der Waals surface area contributed by atoms with E-state index < -0.39 is 14.9 Å². The van der Waals surface area contributed by atoms with Crippen LogP contribution in [0.1, 0.15) is 0 Å². The Morgan fingerprint density at radius 1 is 1.38 bits per heavy atom. The molecular weight excluding hydrogens is 296 g/mol. The second-order valence-electron chi connectivity index (χ2n) is 4.71. The minimum absolute atomic E-state index is 0.00665. The first-order valence-electron chi connectivity index (χ1n) is 6.34. The lowest BCUT2D eigenvalue weighted by atomic mass is 10.1. The van der Waals surface area contributed by atoms with Gasteiger partial charge in [0.15, 0.2) is 0 Å². The van der Waals surface area contributed by atoms with Crippen molar-refractivity contribution in [3.05, 3.63) is 34.4 Å². The molecule has 1 aliphatic heterocycles. The first kappa shape index (κ1) is 15.5. The molecule has 0 saturated carbocycles. The van der Waals surface area contributed by atoms with Gasteiger partial charge in [-0.2, -0.15) is 0 Å². The summed E-state index contributed by atoms with van der Waals surface area (Å²) in [5.41, 5.74) is -0.146. The van der Waals surface area contributed by atoms with E-state index in [1.54, 1.807) is 13.3 Å². The van der Waals surface area contributed by atoms with Crippen LogP contribution in [0.15, 0.2) is 34.2 Å². The van der Waals surface area contributed by atoms with Crippen molar-refractivity contribution in [2.45, 2.75) is 10.9 Å². The number of hydrogen-bond acceptors (Lipinski definition) is 6. The number of sulfonamides is 1. The zero-order valence-electron chi connectivity index (χ0n) is 11.4. The molecule has 0 spiro atoms. The molecule has 2 N–H and O–H groups in total. The largest absolute Gasteiger partial charge is 0.314 e. The van der Waals surface area contributed by atoms with Gasteiger partial charge in [0.1, 0.15) is 0 Å². The number of rotatable bonds is 5. The van der Waals surface area contributed by atoms with E-state index in [0.29, 0.717) is 13.1 Å². The highest BCUT2D eigenvalue weighted by Crippen LogP contribution is 2.17. The highest BCUT2D eigenvalue weighted by molar-refractivity contribution is 7.89. The average molecular weight is 312 g/mol. The molecule has 2 rings (SSSR count). The Bertz CT molecular complexity index is 642. The Labute approximate surface area is 122 Å². The Kier molecular flexibility index (Phi) is 4.66. The highest BCUT2D eigenvalue weighted by atomic mass is 32.2. The average Bonchev–Trinajstić information content (AvgIpc) is 2.86. The molecule has 1 fully saturated rings. The van der Waals surface area contributed by atoms with Gasteiger partial charge in [-0.1, -0.05) is 0 Å². The molecule has 1 saturated heterocycles. The van der Waals surface area contributed by atoms with E-state index in [2.05, 4.69) is 15.0 Å². The lowest BCUT2D eigenvalue weighted by molar-refractivity contribution is -0.384. The molecule has 114 valence electrons. The number of nitrogens with zero attached hydrogens (tertiary/aromatic N) is 2. The van der Waals surface area contributed by atoms with Crippen molar-refractivity contribution in [1.82, 2.24) is 10.0 Å². The maximum absolute atomic E-state index is 12.3. The monoisotopic (exact) mass is 312 g/mol. The van der Waals surface area contributed by atoms with Crippen LogP contribution in [0.25, 0.3) is 0 Å². The Morgan fingerprint density at radius 3 is 2.62 bits per heavy atom. The highest BCUT2D eigenvalue weighted by Gasteiger charge is 2.30. The van der Waals surface area contributed by atoms with E-state index in [9.17, 15) is 18.5 Å². The minimum atomic E-state index is -3.71. The number of nitrogens with one attached hydrogen (secondary N) is 2. The van der Waals surface area contributed by atoms with Crippen LogP contribution in [0.2, 0.25) is 0 Å². The van der Waals surface area contributed by atoms with Gasteiger partial charge in [-0.15, -0.1) is 0 Å². The van der Waals surface area contributed by atoms with Gasteiger partial charge in [0.05, 0.1) is 9.82 Å². The number of benzene rings is 1. The molecule has 8 nitrogen and oxygen atoms in total. The number of nitro groups is 1. The van der Waals surface area contributed by atoms with Crippen LogP contribution in [0.3, 0.4) is 0 Å². The maximum Gasteiger partial charge on any atom is 0.269 e. The fourth-order valence-electron chi connectivity index (χ4n) is 2.19. The van der Waals surface area contributed by atoms with Gasteiger partial charge >= 0.3 is 0 Å². The third-order valence-corrected chi connectivity index (χ3v) is 4.77. The van der Waals surface area contributed by atoms with E-state index in [1.807, 2.05) is 0 Å². The van der Waals surface area contributed by atoms with Crippen molar-refractivity contribution in [2.24, 2.45) is 10.9 Å². The minimum Gasteiger partial charge on any atom is -0.314 e. The van der Waals surface area contributed by atoms with Gasteiger partial charge in [0.2, 0.25) is 10.0 Å². The molecule has 2 atom stereocenters. The topological polar surface area (TPSA) is 114 Å². The molecule has 1 aliphatic rings. The molecule has 0 unspecified atom stereocenters. The molecule has 1 aromatic carbocycles. The van der Waals surface area contributed by atoms with Gasteiger partial charge in [-0.05, 0) is 12.1 Å². The van der Waals surface area contributed by atoms with E-state index >= 15 is 0 Å². The van der Waals surface area contributed by atoms with E-state index in [1.165, 1.54) is 24.3 Å². The summed E-state index contributed by atoms with van der Waals surface area (Å²) in [6.45, 7) is 1.17. The van der Waals surface area contributed by atoms with Crippen LogP contribution < -0.4 is 10.0 Å². The van der Waals surface area contributed by atoms with Gasteiger partial charge in [0, 0.05) is 50.4 Å². The summed E-state index contributed by atoms with van der Waals surface area (Å²) in [6, 6.07) is 4.52. The first-order valence-corrected chi connectivity index (χ1v) is 7.82. The summed E-state index contributed by atoms with van der Waals surface area (Å²) in [7, 11) is -2.07. The molecule has 0 aromatic heterocycles. The first-order chi connectivity index (χ1) is 9.94. The van der Waals surface area contributed by atoms with Crippen LogP contribution in [-0.4, -0.2) is 45.7 Å². The van der Waals surface area contributed by atoms with E-state index in [-0.39, 0.29) is 22.5 Å². The molecule has 9 heteroatoms. The van der Waals surface area contributed by atoms with Crippen molar-refractivity contribution < 1.29 is 13.3 Å². The summed E-state index contributed by atoms with van der Waals surface area (Å²) >= 11 is 0. The molecule has 0 amide bonds. The molecule has 0 aliphatic carbocycles. The number of nitro benzene ring substituents is 1. The van der Waals surface area contributed by atoms with Crippen LogP contribution in [-0.2, 0) is 10.0 Å². The van der Waals surface area contributed by atoms with Gasteiger partial charge < -0.3 is 10.3 Å². The number of non-ortho nitro benzene ring substituents is 1. The molecule has 0 radical (unpaired) electrons. The van der Waals surface area contributed by atoms with E-state index in [0.717, 1.165) is 0 Å². The number of hydrogen-bond donors (Lipinski definition) is 2. The third-order valence-electron chi connectivity index (χ3n) is 3.27. The molecule has 0 bridgehead atoms. The zero-order valence-corrected chi connectivity index (χ0v) is 12.2. The standard InChI is InChI=1S/C12H16N4O4S/c1-13-6-9-7-14-8-12(9)15-21(19,20)11-4-2-10(3-5-11)16(17)18/h2-6,9,12,14-15H,7-8H2,1H3/t9-,12-/m1/s1. The van der Waals surface area contributed by atoms with Crippen molar-refractivity contribution in [2.75, 3.05) is 20.1 Å². The maximum atomic E-state index is 12.3. The van der Waals surface area contributed by atoms with Crippen LogP contribution >= 0.6 is 0 Å². The van der Waals surface area contributed by atoms with Crippen molar-refractivity contribution in [3.8, 4) is 0 Å². The van der Waals surface area contributed by atoms with Crippen molar-refractivity contribution in [3.63, 3.8) is 0 Å². The predicted octanol–water partition coefficient (Wildman–Crippen LogP) is 0.162. The van der Waals surface area contributed by atoms with Crippen molar-refractivity contribution in [1.29, 1.82) is 0 Å². The lowest BCUT2D eigenvalue weighted by Crippen LogP contribution is -2.40. The Morgan fingerprint density at radius 2 is 2.05 bits per heavy atom. The summed E-state index contributed by atoms with van der Waals surface area (Å²) in [5.74, 6) is -0.0113. The second-order valence-corrected chi connectivity index (χ2v) is 6.42. The summed E-state index contributed by atoms with van der Waals surface area (Å²) < 4.78 is 27.1. The molecule has 21 heavy (non-hydrogen) atoms. The SMILES string of the molecule is CN=C[C@@H]1CNC[C@H]1NS(=O)(=O)c1ccc([N+](=O)[O-])cc1. The lowest BCUT2D eigenvalue weighted by Gasteiger charge is -2.16. The predicted molar refractivity (Wildman–Crippen MR) is 78.0 cm³/mol. The van der Waals surface area contributed by atoms with Crippen LogP contribution in [0, 0.1) is 16.0 Å². The molecular formula is C12H16N4O4S. The number of aliphatic imine (C=N–C) groups is 1. The fraction of sp³-hybridized carbons (Fsp3) is 0.417. The molecule has 1 aromatic rings. The van der Waals surface area contributed by atoms with Crippen LogP contribution in [0.4, 0.5) is 5.69 Å². The van der Waals surface area contributed by atoms with Gasteiger partial charge in [-0.25, -0.2) is 13.1 Å². The summed E-state index contributed by atoms with van der Waals surface area (Å²) in [6.07, 6.45) is 1.71. The van der Waals surface area contributed by atoms with Crippen molar-refractivity contribution >= 4 is 21.9 Å². The smallest absolute Gasteiger partial charge is 0.269 e. The van der Waals surface area contributed by atoms with Gasteiger partial charge in [-0.3, -0.25) is 10.1 Å². The second kappa shape index (κ2) is 6.29. The van der Waals surface area contributed by atoms with Crippen LogP contribution in [0.5, 0.6) is 0 Å². The zero-order chi connectivity index (χ0) is 15.5. The third kappa shape index (κ3) is 3.63. The summed E-state index contributed by atoms with van der Waals surface area (Å²) in [5, 5.41) is 13.7. The Balaban J connectivity index is 2.16. The molecule has 1 heterocycles.